The average molecular weight is 357 g/mol. The Balaban J connectivity index is 1.62. The van der Waals surface area contributed by atoms with Gasteiger partial charge in [-0.15, -0.1) is 0 Å². The van der Waals surface area contributed by atoms with Crippen LogP contribution in [0.15, 0.2) is 22.9 Å². The molecule has 2 aromatic rings. The number of aryl methyl sites for hydroxylation is 1. The van der Waals surface area contributed by atoms with Crippen molar-refractivity contribution in [3.63, 3.8) is 0 Å². The summed E-state index contributed by atoms with van der Waals surface area (Å²) < 4.78 is 10.9. The zero-order chi connectivity index (χ0) is 18.5. The van der Waals surface area contributed by atoms with Gasteiger partial charge in [0.1, 0.15) is 23.7 Å². The van der Waals surface area contributed by atoms with Crippen molar-refractivity contribution in [1.29, 1.82) is 0 Å². The van der Waals surface area contributed by atoms with E-state index in [9.17, 15) is 4.79 Å². The molecule has 0 bridgehead atoms. The van der Waals surface area contributed by atoms with Gasteiger partial charge in [-0.1, -0.05) is 6.42 Å². The predicted octanol–water partition coefficient (Wildman–Crippen LogP) is 4.25. The molecular weight excluding hydrogens is 330 g/mol. The molecule has 0 amide bonds. The largest absolute Gasteiger partial charge is 0.466 e. The molecule has 1 aliphatic rings. The Bertz CT molecular complexity index is 757. The first-order valence-corrected chi connectivity index (χ1v) is 9.37. The molecule has 0 radical (unpaired) electrons. The number of aromatic nitrogens is 2. The zero-order valence-electron chi connectivity index (χ0n) is 15.7. The molecule has 0 unspecified atom stereocenters. The monoisotopic (exact) mass is 357 g/mol. The van der Waals surface area contributed by atoms with E-state index in [4.69, 9.17) is 9.15 Å². The summed E-state index contributed by atoms with van der Waals surface area (Å²) in [4.78, 5) is 20.3. The van der Waals surface area contributed by atoms with Gasteiger partial charge in [0, 0.05) is 18.0 Å². The van der Waals surface area contributed by atoms with Crippen molar-refractivity contribution in [1.82, 2.24) is 9.97 Å². The molecule has 0 saturated heterocycles. The SMILES string of the molecule is CCOC(=O)c1ncnc(NC[C@@H]2CCC[C@H](c3ccc(C)o3)C2)c1C. The summed E-state index contributed by atoms with van der Waals surface area (Å²) in [5.74, 6) is 3.43. The lowest BCUT2D eigenvalue weighted by atomic mass is 9.80. The van der Waals surface area contributed by atoms with Crippen LogP contribution in [-0.2, 0) is 4.74 Å². The van der Waals surface area contributed by atoms with Gasteiger partial charge in [-0.05, 0) is 58.1 Å². The second-order valence-electron chi connectivity index (χ2n) is 6.98. The fraction of sp³-hybridized carbons (Fsp3) is 0.550. The van der Waals surface area contributed by atoms with Crippen LogP contribution in [0.1, 0.15) is 66.1 Å². The molecule has 0 aromatic carbocycles. The molecule has 26 heavy (non-hydrogen) atoms. The molecule has 3 rings (SSSR count). The number of esters is 1. The lowest BCUT2D eigenvalue weighted by Gasteiger charge is -2.28. The number of ether oxygens (including phenoxy) is 1. The van der Waals surface area contributed by atoms with Crippen molar-refractivity contribution in [2.45, 2.75) is 52.4 Å². The van der Waals surface area contributed by atoms with Crippen LogP contribution < -0.4 is 5.32 Å². The lowest BCUT2D eigenvalue weighted by Crippen LogP contribution is -2.22. The number of hydrogen-bond acceptors (Lipinski definition) is 6. The number of rotatable bonds is 6. The van der Waals surface area contributed by atoms with Crippen LogP contribution in [0.3, 0.4) is 0 Å². The number of hydrogen-bond donors (Lipinski definition) is 1. The molecule has 1 fully saturated rings. The molecule has 2 heterocycles. The van der Waals surface area contributed by atoms with Crippen LogP contribution in [0.2, 0.25) is 0 Å². The molecule has 6 heteroatoms. The number of carbonyl (C=O) groups is 1. The Morgan fingerprint density at radius 3 is 2.88 bits per heavy atom. The highest BCUT2D eigenvalue weighted by Crippen LogP contribution is 2.37. The Kier molecular flexibility index (Phi) is 5.91. The smallest absolute Gasteiger partial charge is 0.357 e. The van der Waals surface area contributed by atoms with Crippen molar-refractivity contribution in [2.75, 3.05) is 18.5 Å². The van der Waals surface area contributed by atoms with E-state index in [1.54, 1.807) is 6.92 Å². The summed E-state index contributed by atoms with van der Waals surface area (Å²) in [5.41, 5.74) is 1.07. The highest BCUT2D eigenvalue weighted by atomic mass is 16.5. The van der Waals surface area contributed by atoms with Crippen LogP contribution in [0.5, 0.6) is 0 Å². The number of anilines is 1. The maximum absolute atomic E-state index is 12.0. The van der Waals surface area contributed by atoms with Crippen LogP contribution in [0.4, 0.5) is 5.82 Å². The third kappa shape index (κ3) is 4.23. The Morgan fingerprint density at radius 2 is 2.15 bits per heavy atom. The fourth-order valence-electron chi connectivity index (χ4n) is 3.68. The van der Waals surface area contributed by atoms with E-state index in [0.29, 0.717) is 30.0 Å². The minimum atomic E-state index is -0.402. The minimum Gasteiger partial charge on any atom is -0.466 e. The van der Waals surface area contributed by atoms with Crippen LogP contribution >= 0.6 is 0 Å². The Labute approximate surface area is 154 Å². The fourth-order valence-corrected chi connectivity index (χ4v) is 3.68. The average Bonchev–Trinajstić information content (AvgIpc) is 3.08. The van der Waals surface area contributed by atoms with Gasteiger partial charge in [0.25, 0.3) is 0 Å². The van der Waals surface area contributed by atoms with E-state index in [0.717, 1.165) is 30.0 Å². The van der Waals surface area contributed by atoms with Crippen molar-refractivity contribution >= 4 is 11.8 Å². The molecular formula is C20H27N3O3. The van der Waals surface area contributed by atoms with Crippen molar-refractivity contribution in [3.8, 4) is 0 Å². The van der Waals surface area contributed by atoms with Crippen LogP contribution in [0, 0.1) is 19.8 Å². The van der Waals surface area contributed by atoms with Crippen LogP contribution in [-0.4, -0.2) is 29.1 Å². The molecule has 0 aliphatic heterocycles. The van der Waals surface area contributed by atoms with E-state index in [2.05, 4.69) is 21.4 Å². The molecule has 2 atom stereocenters. The Hall–Kier alpha value is -2.37. The molecule has 140 valence electrons. The van der Waals surface area contributed by atoms with Gasteiger partial charge in [-0.3, -0.25) is 0 Å². The summed E-state index contributed by atoms with van der Waals surface area (Å²) in [7, 11) is 0. The number of nitrogens with zero attached hydrogens (tertiary/aromatic N) is 2. The second kappa shape index (κ2) is 8.34. The van der Waals surface area contributed by atoms with Crippen molar-refractivity contribution < 1.29 is 13.9 Å². The van der Waals surface area contributed by atoms with Gasteiger partial charge in [0.05, 0.1) is 6.61 Å². The number of furan rings is 1. The molecule has 0 spiro atoms. The summed E-state index contributed by atoms with van der Waals surface area (Å²) in [6.07, 6.45) is 6.10. The summed E-state index contributed by atoms with van der Waals surface area (Å²) >= 11 is 0. The van der Waals surface area contributed by atoms with E-state index in [-0.39, 0.29) is 0 Å². The molecule has 2 aromatic heterocycles. The lowest BCUT2D eigenvalue weighted by molar-refractivity contribution is 0.0518. The standard InChI is InChI=1S/C20H27N3O3/c1-4-25-20(24)18-14(3)19(23-12-22-18)21-11-15-6-5-7-16(10-15)17-9-8-13(2)26-17/h8-9,12,15-16H,4-7,10-11H2,1-3H3,(H,21,22,23)/t15-,16+/m1/s1. The van der Waals surface area contributed by atoms with Gasteiger partial charge < -0.3 is 14.5 Å². The second-order valence-corrected chi connectivity index (χ2v) is 6.98. The van der Waals surface area contributed by atoms with E-state index >= 15 is 0 Å². The molecule has 6 nitrogen and oxygen atoms in total. The highest BCUT2D eigenvalue weighted by molar-refractivity contribution is 5.90. The van der Waals surface area contributed by atoms with Gasteiger partial charge in [-0.25, -0.2) is 14.8 Å². The van der Waals surface area contributed by atoms with Gasteiger partial charge in [0.2, 0.25) is 0 Å². The quantitative estimate of drug-likeness (QED) is 0.779. The molecule has 1 aliphatic carbocycles. The van der Waals surface area contributed by atoms with E-state index < -0.39 is 5.97 Å². The van der Waals surface area contributed by atoms with Gasteiger partial charge in [-0.2, -0.15) is 0 Å². The highest BCUT2D eigenvalue weighted by Gasteiger charge is 2.25. The molecule has 1 N–H and O–H groups in total. The summed E-state index contributed by atoms with van der Waals surface area (Å²) in [5, 5.41) is 3.41. The first-order chi connectivity index (χ1) is 12.6. The van der Waals surface area contributed by atoms with E-state index in [1.807, 2.05) is 19.9 Å². The Morgan fingerprint density at radius 1 is 1.31 bits per heavy atom. The summed E-state index contributed by atoms with van der Waals surface area (Å²) in [6, 6.07) is 4.15. The molecule has 1 saturated carbocycles. The summed E-state index contributed by atoms with van der Waals surface area (Å²) in [6.45, 7) is 6.79. The first kappa shape index (κ1) is 18.4. The van der Waals surface area contributed by atoms with Crippen molar-refractivity contribution in [3.05, 3.63) is 41.2 Å². The minimum absolute atomic E-state index is 0.330. The topological polar surface area (TPSA) is 77.2 Å². The third-order valence-corrected chi connectivity index (χ3v) is 5.06. The van der Waals surface area contributed by atoms with E-state index in [1.165, 1.54) is 25.6 Å². The van der Waals surface area contributed by atoms with Crippen LogP contribution in [0.25, 0.3) is 0 Å². The normalized spacial score (nSPS) is 20.0. The first-order valence-electron chi connectivity index (χ1n) is 9.37. The predicted molar refractivity (Wildman–Crippen MR) is 99.4 cm³/mol. The van der Waals surface area contributed by atoms with Gasteiger partial charge in [0.15, 0.2) is 5.69 Å². The maximum Gasteiger partial charge on any atom is 0.357 e. The number of carbonyl (C=O) groups excluding carboxylic acids is 1. The third-order valence-electron chi connectivity index (χ3n) is 5.06. The maximum atomic E-state index is 12.0. The number of nitrogens with one attached hydrogen (secondary N) is 1. The zero-order valence-corrected chi connectivity index (χ0v) is 15.7. The van der Waals surface area contributed by atoms with Crippen molar-refractivity contribution in [2.24, 2.45) is 5.92 Å². The van der Waals surface area contributed by atoms with Gasteiger partial charge >= 0.3 is 5.97 Å².